The van der Waals surface area contributed by atoms with Crippen LogP contribution in [-0.4, -0.2) is 96.0 Å². The van der Waals surface area contributed by atoms with Crippen molar-refractivity contribution in [2.45, 2.75) is 73.1 Å². The predicted octanol–water partition coefficient (Wildman–Crippen LogP) is 3.22. The van der Waals surface area contributed by atoms with E-state index in [1.807, 2.05) is 0 Å². The zero-order valence-electron chi connectivity index (χ0n) is 25.7. The molecule has 2 spiro atoms. The van der Waals surface area contributed by atoms with E-state index in [2.05, 4.69) is 80.3 Å². The first-order chi connectivity index (χ1) is 22.2. The molecule has 0 aromatic heterocycles. The number of hydrogen-bond acceptors (Lipinski definition) is 7. The molecule has 7 heteroatoms. The lowest BCUT2D eigenvalue weighted by atomic mass is 9.51. The summed E-state index contributed by atoms with van der Waals surface area (Å²) in [5, 5.41) is 20.5. The summed E-state index contributed by atoms with van der Waals surface area (Å²) in [5.41, 5.74) is 9.11. The van der Waals surface area contributed by atoms with Gasteiger partial charge < -0.3 is 24.7 Å². The molecule has 6 bridgehead atoms. The van der Waals surface area contributed by atoms with Crippen LogP contribution in [0.1, 0.15) is 36.8 Å². The van der Waals surface area contributed by atoms with Crippen molar-refractivity contribution in [2.75, 3.05) is 49.2 Å². The van der Waals surface area contributed by atoms with Gasteiger partial charge in [-0.05, 0) is 73.9 Å². The van der Waals surface area contributed by atoms with Gasteiger partial charge in [0.25, 0.3) is 0 Å². The minimum absolute atomic E-state index is 0.0163. The van der Waals surface area contributed by atoms with Gasteiger partial charge in [-0.2, -0.15) is 0 Å². The standard InChI is InChI=1S/C38H42N4O3/c43-15-9-21-19-39-13-11-37-25-5-1-3-7-27(25)41-33(37)31(23(21)17-29(37)39)36-42-28-8-4-2-6-26(28)38-12-14-40-20-22(10-16-44)24(18-30(38)40)32(34(38)42)35(41)45-36/h1-10,23-24,29-36,43-44H,11-20H2/t23-,24-,29-,30-,31-,32-,33-,34-,35+,36+,37+,38+/m0/s1. The fourth-order valence-corrected chi connectivity index (χ4v) is 14.3. The summed E-state index contributed by atoms with van der Waals surface area (Å²) in [6.07, 6.45) is 9.08. The molecular formula is C38H42N4O3. The minimum atomic E-state index is 0.0163. The Balaban J connectivity index is 1.15. The molecule has 2 saturated carbocycles. The predicted molar refractivity (Wildman–Crippen MR) is 171 cm³/mol. The zero-order valence-corrected chi connectivity index (χ0v) is 25.7. The molecule has 45 heavy (non-hydrogen) atoms. The van der Waals surface area contributed by atoms with Crippen LogP contribution in [0.15, 0.2) is 71.8 Å². The van der Waals surface area contributed by atoms with Crippen molar-refractivity contribution >= 4 is 11.4 Å². The second-order valence-corrected chi connectivity index (χ2v) is 16.0. The number of anilines is 2. The quantitative estimate of drug-likeness (QED) is 0.512. The number of aliphatic hydroxyl groups excluding tert-OH is 2. The second-order valence-electron chi connectivity index (χ2n) is 16.0. The lowest BCUT2D eigenvalue weighted by Crippen LogP contribution is -2.81. The van der Waals surface area contributed by atoms with Crippen LogP contribution < -0.4 is 9.80 Å². The molecular weight excluding hydrogens is 560 g/mol. The summed E-state index contributed by atoms with van der Waals surface area (Å²) in [7, 11) is 0. The van der Waals surface area contributed by atoms with Gasteiger partial charge in [0.05, 0.1) is 25.3 Å². The van der Waals surface area contributed by atoms with Crippen LogP contribution in [0.5, 0.6) is 0 Å². The van der Waals surface area contributed by atoms with E-state index in [1.54, 1.807) is 11.1 Å². The van der Waals surface area contributed by atoms with Gasteiger partial charge in [0.2, 0.25) is 0 Å². The van der Waals surface area contributed by atoms with E-state index in [1.165, 1.54) is 35.4 Å². The molecule has 6 saturated heterocycles. The third-order valence-electron chi connectivity index (χ3n) is 15.2. The maximum Gasteiger partial charge on any atom is 0.138 e. The molecule has 0 radical (unpaired) electrons. The van der Waals surface area contributed by atoms with Gasteiger partial charge in [-0.1, -0.05) is 59.7 Å². The van der Waals surface area contributed by atoms with Crippen LogP contribution in [0.2, 0.25) is 0 Å². The van der Waals surface area contributed by atoms with Gasteiger partial charge in [0, 0.05) is 59.2 Å². The molecule has 8 heterocycles. The highest BCUT2D eigenvalue weighted by atomic mass is 16.5. The maximum atomic E-state index is 10.3. The Hall–Kier alpha value is -2.68. The number of fused-ring (bicyclic) bond motifs is 14. The molecule has 12 rings (SSSR count). The van der Waals surface area contributed by atoms with Crippen molar-refractivity contribution in [3.63, 3.8) is 0 Å². The van der Waals surface area contributed by atoms with Crippen LogP contribution in [-0.2, 0) is 15.6 Å². The summed E-state index contributed by atoms with van der Waals surface area (Å²) in [4.78, 5) is 11.3. The smallest absolute Gasteiger partial charge is 0.138 e. The maximum absolute atomic E-state index is 10.3. The Morgan fingerprint density at radius 1 is 0.689 bits per heavy atom. The summed E-state index contributed by atoms with van der Waals surface area (Å²) in [5.74, 6) is 1.48. The molecule has 12 atom stereocenters. The van der Waals surface area contributed by atoms with Crippen molar-refractivity contribution in [2.24, 2.45) is 23.7 Å². The van der Waals surface area contributed by atoms with E-state index in [-0.39, 0.29) is 36.5 Å². The number of aliphatic hydroxyl groups is 2. The van der Waals surface area contributed by atoms with Crippen LogP contribution in [0, 0.1) is 23.7 Å². The third-order valence-corrected chi connectivity index (χ3v) is 15.2. The Bertz CT molecular complexity index is 1600. The molecule has 10 aliphatic rings. The number of ether oxygens (including phenoxy) is 1. The fraction of sp³-hybridized carbons (Fsp3) is 0.579. The first kappa shape index (κ1) is 25.4. The highest BCUT2D eigenvalue weighted by Crippen LogP contribution is 2.72. The van der Waals surface area contributed by atoms with E-state index >= 15 is 0 Å². The van der Waals surface area contributed by atoms with E-state index < -0.39 is 0 Å². The monoisotopic (exact) mass is 602 g/mol. The number of piperidine rings is 2. The van der Waals surface area contributed by atoms with Crippen LogP contribution in [0.25, 0.3) is 0 Å². The number of benzene rings is 2. The third kappa shape index (κ3) is 2.58. The molecule has 2 N–H and O–H groups in total. The molecule has 8 aliphatic heterocycles. The van der Waals surface area contributed by atoms with E-state index in [4.69, 9.17) is 4.74 Å². The van der Waals surface area contributed by atoms with Gasteiger partial charge in [-0.3, -0.25) is 9.80 Å². The molecule has 0 amide bonds. The van der Waals surface area contributed by atoms with Crippen molar-refractivity contribution in [1.29, 1.82) is 0 Å². The Kier molecular flexibility index (Phi) is 4.65. The second kappa shape index (κ2) is 8.23. The first-order valence-corrected chi connectivity index (χ1v) is 17.7. The minimum Gasteiger partial charge on any atom is -0.392 e. The lowest BCUT2D eigenvalue weighted by Gasteiger charge is -2.69. The number of para-hydroxylation sites is 2. The number of nitrogens with zero attached hydrogens (tertiary/aromatic N) is 4. The largest absolute Gasteiger partial charge is 0.392 e. The summed E-state index contributed by atoms with van der Waals surface area (Å²) in [6.45, 7) is 4.47. The van der Waals surface area contributed by atoms with Crippen molar-refractivity contribution in [3.8, 4) is 0 Å². The normalized spacial score (nSPS) is 48.9. The first-order valence-electron chi connectivity index (χ1n) is 17.7. The van der Waals surface area contributed by atoms with Crippen molar-refractivity contribution in [3.05, 3.63) is 83.0 Å². The zero-order chi connectivity index (χ0) is 29.4. The molecule has 0 unspecified atom stereocenters. The average molecular weight is 603 g/mol. The SMILES string of the molecule is OCC=C1CN2CC[C@]34c5ccccc5N5[C@@H]6O[C@H]([C@H]([C@H]53)[C@H]1C[C@H]24)N1c2ccccc2[C@]23CCN4CC(=CCO)[C@H](C[C@H]42)[C@H]6[C@H]13. The summed E-state index contributed by atoms with van der Waals surface area (Å²) >= 11 is 0. The fourth-order valence-electron chi connectivity index (χ4n) is 14.3. The Labute approximate surface area is 264 Å². The van der Waals surface area contributed by atoms with Crippen LogP contribution in [0.3, 0.4) is 0 Å². The lowest BCUT2D eigenvalue weighted by molar-refractivity contribution is -0.198. The van der Waals surface area contributed by atoms with Gasteiger partial charge >= 0.3 is 0 Å². The molecule has 8 fully saturated rings. The van der Waals surface area contributed by atoms with E-state index in [0.717, 1.165) is 39.0 Å². The van der Waals surface area contributed by atoms with E-state index in [0.29, 0.717) is 47.8 Å². The number of hydrogen-bond donors (Lipinski definition) is 2. The summed E-state index contributed by atoms with van der Waals surface area (Å²) < 4.78 is 7.72. The van der Waals surface area contributed by atoms with Gasteiger partial charge in [-0.15, -0.1) is 0 Å². The topological polar surface area (TPSA) is 62.7 Å². The Morgan fingerprint density at radius 2 is 1.16 bits per heavy atom. The van der Waals surface area contributed by atoms with Crippen molar-refractivity contribution in [1.82, 2.24) is 9.80 Å². The average Bonchev–Trinajstić information content (AvgIpc) is 3.81. The molecule has 2 aromatic rings. The molecule has 7 nitrogen and oxygen atoms in total. The van der Waals surface area contributed by atoms with Crippen LogP contribution in [0.4, 0.5) is 11.4 Å². The molecule has 2 aromatic carbocycles. The molecule has 2 aliphatic carbocycles. The van der Waals surface area contributed by atoms with Crippen LogP contribution >= 0.6 is 0 Å². The van der Waals surface area contributed by atoms with Gasteiger partial charge in [0.15, 0.2) is 0 Å². The highest BCUT2D eigenvalue weighted by molar-refractivity contribution is 5.73. The summed E-state index contributed by atoms with van der Waals surface area (Å²) in [6, 6.07) is 20.7. The number of rotatable bonds is 2. The molecule has 232 valence electrons. The van der Waals surface area contributed by atoms with Gasteiger partial charge in [-0.25, -0.2) is 0 Å². The Morgan fingerprint density at radius 3 is 1.62 bits per heavy atom. The highest BCUT2D eigenvalue weighted by Gasteiger charge is 2.78. The van der Waals surface area contributed by atoms with Crippen molar-refractivity contribution < 1.29 is 14.9 Å². The van der Waals surface area contributed by atoms with Gasteiger partial charge in [0.1, 0.15) is 12.5 Å². The van der Waals surface area contributed by atoms with E-state index in [9.17, 15) is 10.2 Å².